The molecule has 2 aromatic heterocycles. The summed E-state index contributed by atoms with van der Waals surface area (Å²) < 4.78 is 1.77. The Hall–Kier alpha value is -1.91. The van der Waals surface area contributed by atoms with Gasteiger partial charge in [0.25, 0.3) is 0 Å². The van der Waals surface area contributed by atoms with E-state index in [0.29, 0.717) is 11.6 Å². The Morgan fingerprint density at radius 2 is 2.31 bits per heavy atom. The second-order valence-corrected chi connectivity index (χ2v) is 4.04. The monoisotopic (exact) mass is 219 g/mol. The maximum Gasteiger partial charge on any atom is 0.309 e. The highest BCUT2D eigenvalue weighted by Gasteiger charge is 2.11. The molecule has 5 nitrogen and oxygen atoms in total. The summed E-state index contributed by atoms with van der Waals surface area (Å²) in [6.45, 7) is 4.12. The van der Waals surface area contributed by atoms with Gasteiger partial charge in [-0.05, 0) is 5.92 Å². The van der Waals surface area contributed by atoms with E-state index in [1.165, 1.54) is 0 Å². The molecular weight excluding hydrogens is 206 g/mol. The van der Waals surface area contributed by atoms with Crippen molar-refractivity contribution in [2.24, 2.45) is 0 Å². The number of hydrogen-bond donors (Lipinski definition) is 1. The lowest BCUT2D eigenvalue weighted by Crippen LogP contribution is -1.99. The molecule has 0 radical (unpaired) electrons. The predicted molar refractivity (Wildman–Crippen MR) is 58.4 cm³/mol. The standard InChI is InChI=1S/C11H13N3O2/c1-7(2)9-4-12-6-14-5-8(3-10(15)16)13-11(9)14/h4-7H,3H2,1-2H3,(H,15,16). The van der Waals surface area contributed by atoms with Crippen LogP contribution in [0.1, 0.15) is 31.0 Å². The molecule has 0 amide bonds. The van der Waals surface area contributed by atoms with Crippen LogP contribution in [0.5, 0.6) is 0 Å². The smallest absolute Gasteiger partial charge is 0.309 e. The van der Waals surface area contributed by atoms with E-state index in [9.17, 15) is 4.79 Å². The van der Waals surface area contributed by atoms with Crippen LogP contribution in [0.3, 0.4) is 0 Å². The fourth-order valence-corrected chi connectivity index (χ4v) is 1.64. The molecule has 0 atom stereocenters. The topological polar surface area (TPSA) is 67.5 Å². The zero-order chi connectivity index (χ0) is 11.7. The molecule has 0 aliphatic heterocycles. The van der Waals surface area contributed by atoms with Crippen molar-refractivity contribution < 1.29 is 9.90 Å². The van der Waals surface area contributed by atoms with E-state index in [1.807, 2.05) is 0 Å². The normalized spacial score (nSPS) is 11.2. The van der Waals surface area contributed by atoms with Gasteiger partial charge in [0.05, 0.1) is 12.1 Å². The fraction of sp³-hybridized carbons (Fsp3) is 0.364. The number of rotatable bonds is 3. The van der Waals surface area contributed by atoms with E-state index < -0.39 is 5.97 Å². The molecule has 0 fully saturated rings. The summed E-state index contributed by atoms with van der Waals surface area (Å²) in [6, 6.07) is 0. The number of carboxylic acids is 1. The number of imidazole rings is 1. The number of aliphatic carboxylic acids is 1. The van der Waals surface area contributed by atoms with E-state index in [2.05, 4.69) is 23.8 Å². The lowest BCUT2D eigenvalue weighted by molar-refractivity contribution is -0.136. The van der Waals surface area contributed by atoms with E-state index in [1.54, 1.807) is 23.1 Å². The molecule has 0 spiro atoms. The van der Waals surface area contributed by atoms with Crippen molar-refractivity contribution >= 4 is 11.6 Å². The van der Waals surface area contributed by atoms with E-state index in [-0.39, 0.29) is 6.42 Å². The summed E-state index contributed by atoms with van der Waals surface area (Å²) >= 11 is 0. The first kappa shape index (κ1) is 10.6. The minimum absolute atomic E-state index is 0.0563. The second-order valence-electron chi connectivity index (χ2n) is 4.04. The third-order valence-corrected chi connectivity index (χ3v) is 2.40. The summed E-state index contributed by atoms with van der Waals surface area (Å²) in [5.74, 6) is -0.557. The van der Waals surface area contributed by atoms with E-state index >= 15 is 0 Å². The lowest BCUT2D eigenvalue weighted by Gasteiger charge is -2.04. The van der Waals surface area contributed by atoms with Crippen LogP contribution in [-0.4, -0.2) is 25.4 Å². The number of carbonyl (C=O) groups is 1. The van der Waals surface area contributed by atoms with E-state index in [4.69, 9.17) is 5.11 Å². The molecule has 0 bridgehead atoms. The lowest BCUT2D eigenvalue weighted by atomic mass is 10.1. The fourth-order valence-electron chi connectivity index (χ4n) is 1.64. The van der Waals surface area contributed by atoms with Gasteiger partial charge in [0, 0.05) is 18.0 Å². The van der Waals surface area contributed by atoms with Gasteiger partial charge in [-0.25, -0.2) is 9.97 Å². The Balaban J connectivity index is 2.52. The van der Waals surface area contributed by atoms with E-state index in [0.717, 1.165) is 11.2 Å². The highest BCUT2D eigenvalue weighted by Crippen LogP contribution is 2.18. The molecule has 0 unspecified atom stereocenters. The molecule has 0 saturated heterocycles. The molecule has 0 aliphatic rings. The SMILES string of the molecule is CC(C)c1cncn2cc(CC(=O)O)nc12. The van der Waals surface area contributed by atoms with Crippen LogP contribution < -0.4 is 0 Å². The minimum Gasteiger partial charge on any atom is -0.481 e. The van der Waals surface area contributed by atoms with Crippen molar-refractivity contribution in [1.29, 1.82) is 0 Å². The molecule has 84 valence electrons. The third-order valence-electron chi connectivity index (χ3n) is 2.40. The van der Waals surface area contributed by atoms with Crippen molar-refractivity contribution in [3.05, 3.63) is 30.0 Å². The maximum atomic E-state index is 10.6. The summed E-state index contributed by atoms with van der Waals surface area (Å²) in [4.78, 5) is 19.0. The van der Waals surface area contributed by atoms with Gasteiger partial charge in [0.2, 0.25) is 0 Å². The summed E-state index contributed by atoms with van der Waals surface area (Å²) in [5.41, 5.74) is 2.38. The molecule has 16 heavy (non-hydrogen) atoms. The van der Waals surface area contributed by atoms with Crippen LogP contribution in [0.25, 0.3) is 5.65 Å². The van der Waals surface area contributed by atoms with Crippen LogP contribution in [0.4, 0.5) is 0 Å². The minimum atomic E-state index is -0.873. The van der Waals surface area contributed by atoms with Gasteiger partial charge >= 0.3 is 5.97 Å². The first-order valence-electron chi connectivity index (χ1n) is 5.11. The third kappa shape index (κ3) is 1.88. The number of carboxylic acid groups (broad SMARTS) is 1. The van der Waals surface area contributed by atoms with Crippen LogP contribution >= 0.6 is 0 Å². The number of fused-ring (bicyclic) bond motifs is 1. The first-order chi connectivity index (χ1) is 7.58. The molecule has 5 heteroatoms. The Morgan fingerprint density at radius 3 is 2.94 bits per heavy atom. The predicted octanol–water partition coefficient (Wildman–Crippen LogP) is 1.48. The highest BCUT2D eigenvalue weighted by atomic mass is 16.4. The zero-order valence-electron chi connectivity index (χ0n) is 9.21. The molecule has 2 rings (SSSR count). The van der Waals surface area contributed by atoms with Gasteiger partial charge in [0.15, 0.2) is 0 Å². The second kappa shape index (κ2) is 3.92. The summed E-state index contributed by atoms with van der Waals surface area (Å²) in [7, 11) is 0. The molecule has 2 heterocycles. The Bertz CT molecular complexity index is 531. The summed E-state index contributed by atoms with van der Waals surface area (Å²) in [5, 5.41) is 8.71. The molecule has 1 N–H and O–H groups in total. The van der Waals surface area contributed by atoms with Crippen molar-refractivity contribution in [2.45, 2.75) is 26.2 Å². The van der Waals surface area contributed by atoms with Crippen molar-refractivity contribution in [3.8, 4) is 0 Å². The Labute approximate surface area is 92.8 Å². The number of hydrogen-bond acceptors (Lipinski definition) is 3. The summed E-state index contributed by atoms with van der Waals surface area (Å²) in [6.07, 6.45) is 5.07. The maximum absolute atomic E-state index is 10.6. The number of nitrogens with zero attached hydrogens (tertiary/aromatic N) is 3. The van der Waals surface area contributed by atoms with Crippen molar-refractivity contribution in [2.75, 3.05) is 0 Å². The average molecular weight is 219 g/mol. The zero-order valence-corrected chi connectivity index (χ0v) is 9.21. The molecular formula is C11H13N3O2. The van der Waals surface area contributed by atoms with Crippen LogP contribution in [0, 0.1) is 0 Å². The quantitative estimate of drug-likeness (QED) is 0.849. The Kier molecular flexibility index (Phi) is 2.60. The average Bonchev–Trinajstić information content (AvgIpc) is 2.57. The molecule has 2 aromatic rings. The van der Waals surface area contributed by atoms with Crippen molar-refractivity contribution in [1.82, 2.24) is 14.4 Å². The number of aromatic nitrogens is 3. The van der Waals surface area contributed by atoms with Gasteiger partial charge in [-0.1, -0.05) is 13.8 Å². The van der Waals surface area contributed by atoms with Gasteiger partial charge in [-0.15, -0.1) is 0 Å². The largest absolute Gasteiger partial charge is 0.481 e. The van der Waals surface area contributed by atoms with Crippen LogP contribution in [0.15, 0.2) is 18.7 Å². The first-order valence-corrected chi connectivity index (χ1v) is 5.11. The Morgan fingerprint density at radius 1 is 1.56 bits per heavy atom. The molecule has 0 saturated carbocycles. The van der Waals surface area contributed by atoms with Gasteiger partial charge < -0.3 is 5.11 Å². The van der Waals surface area contributed by atoms with Crippen LogP contribution in [-0.2, 0) is 11.2 Å². The highest BCUT2D eigenvalue weighted by molar-refractivity contribution is 5.70. The van der Waals surface area contributed by atoms with Gasteiger partial charge in [-0.2, -0.15) is 0 Å². The molecule has 0 aromatic carbocycles. The van der Waals surface area contributed by atoms with Gasteiger partial charge in [0.1, 0.15) is 12.0 Å². The molecule has 0 aliphatic carbocycles. The van der Waals surface area contributed by atoms with Crippen molar-refractivity contribution in [3.63, 3.8) is 0 Å². The van der Waals surface area contributed by atoms with Gasteiger partial charge in [-0.3, -0.25) is 9.20 Å². The van der Waals surface area contributed by atoms with Crippen LogP contribution in [0.2, 0.25) is 0 Å².